The van der Waals surface area contributed by atoms with Crippen molar-refractivity contribution in [3.05, 3.63) is 29.8 Å². The number of amides is 1. The molecule has 0 radical (unpaired) electrons. The van der Waals surface area contributed by atoms with Crippen molar-refractivity contribution in [3.63, 3.8) is 0 Å². The van der Waals surface area contributed by atoms with Crippen molar-refractivity contribution in [2.45, 2.75) is 81.7 Å². The molecule has 5 nitrogen and oxygen atoms in total. The van der Waals surface area contributed by atoms with Crippen LogP contribution >= 0.6 is 0 Å². The summed E-state index contributed by atoms with van der Waals surface area (Å²) in [6.45, 7) is 3.17. The molecule has 0 bridgehead atoms. The number of likely N-dealkylation sites (tertiary alicyclic amines) is 1. The number of benzene rings is 1. The predicted octanol–water partition coefficient (Wildman–Crippen LogP) is 3.72. The minimum absolute atomic E-state index is 0.0481. The molecule has 2 heterocycles. The van der Waals surface area contributed by atoms with E-state index in [1.54, 1.807) is 12.1 Å². The average molecular weight is 405 g/mol. The molecule has 1 aromatic rings. The van der Waals surface area contributed by atoms with Crippen molar-refractivity contribution in [1.29, 1.82) is 0 Å². The molecule has 1 saturated carbocycles. The zero-order valence-corrected chi connectivity index (χ0v) is 17.7. The third-order valence-electron chi connectivity index (χ3n) is 6.89. The Morgan fingerprint density at radius 3 is 2.36 bits per heavy atom. The molecule has 0 N–H and O–H groups in total. The molecule has 1 aromatic carbocycles. The summed E-state index contributed by atoms with van der Waals surface area (Å²) in [6.07, 6.45) is 9.37. The third kappa shape index (κ3) is 3.73. The summed E-state index contributed by atoms with van der Waals surface area (Å²) in [5.74, 6) is 0.657. The van der Waals surface area contributed by atoms with E-state index in [-0.39, 0.29) is 5.91 Å². The van der Waals surface area contributed by atoms with E-state index < -0.39 is 16.1 Å². The second-order valence-electron chi connectivity index (χ2n) is 8.73. The Morgan fingerprint density at radius 1 is 0.893 bits per heavy atom. The number of aryl methyl sites for hydroxylation is 1. The van der Waals surface area contributed by atoms with Gasteiger partial charge < -0.3 is 4.90 Å². The zero-order chi connectivity index (χ0) is 19.7. The van der Waals surface area contributed by atoms with Crippen molar-refractivity contribution in [2.75, 3.05) is 13.1 Å². The van der Waals surface area contributed by atoms with E-state index in [0.29, 0.717) is 29.8 Å². The van der Waals surface area contributed by atoms with Crippen LogP contribution in [-0.4, -0.2) is 48.7 Å². The van der Waals surface area contributed by atoms with E-state index in [1.165, 1.54) is 30.0 Å². The topological polar surface area (TPSA) is 57.7 Å². The summed E-state index contributed by atoms with van der Waals surface area (Å²) in [5.41, 5.74) is 1.03. The molecule has 2 aliphatic heterocycles. The summed E-state index contributed by atoms with van der Waals surface area (Å²) in [7, 11) is -3.66. The normalized spacial score (nSPS) is 29.3. The van der Waals surface area contributed by atoms with Crippen LogP contribution in [0.3, 0.4) is 0 Å². The third-order valence-corrected chi connectivity index (χ3v) is 8.82. The molecule has 3 aliphatic rings. The quantitative estimate of drug-likeness (QED) is 0.771. The Bertz CT molecular complexity index is 804. The number of fused-ring (bicyclic) bond motifs is 1. The zero-order valence-electron chi connectivity index (χ0n) is 16.8. The van der Waals surface area contributed by atoms with Crippen molar-refractivity contribution in [1.82, 2.24) is 9.21 Å². The van der Waals surface area contributed by atoms with Crippen molar-refractivity contribution < 1.29 is 13.2 Å². The highest BCUT2D eigenvalue weighted by atomic mass is 32.2. The average Bonchev–Trinajstić information content (AvgIpc) is 2.73. The van der Waals surface area contributed by atoms with Crippen LogP contribution in [0.15, 0.2) is 29.2 Å². The molecule has 0 aromatic heterocycles. The second-order valence-corrected chi connectivity index (χ2v) is 10.6. The van der Waals surface area contributed by atoms with E-state index >= 15 is 0 Å². The number of carbonyl (C=O) groups excluding carboxylic acids is 1. The number of nitrogens with zero attached hydrogens (tertiary/aromatic N) is 2. The maximum atomic E-state index is 13.6. The number of hydrogen-bond acceptors (Lipinski definition) is 3. The van der Waals surface area contributed by atoms with Gasteiger partial charge in [-0.05, 0) is 63.5 Å². The largest absolute Gasteiger partial charge is 0.338 e. The summed E-state index contributed by atoms with van der Waals surface area (Å²) in [5, 5.41) is 0. The van der Waals surface area contributed by atoms with Gasteiger partial charge in [-0.2, -0.15) is 4.31 Å². The van der Waals surface area contributed by atoms with Crippen LogP contribution < -0.4 is 0 Å². The summed E-state index contributed by atoms with van der Waals surface area (Å²) < 4.78 is 28.2. The highest BCUT2D eigenvalue weighted by Gasteiger charge is 2.43. The first-order valence-electron chi connectivity index (χ1n) is 10.9. The molecule has 28 heavy (non-hydrogen) atoms. The lowest BCUT2D eigenvalue weighted by Gasteiger charge is -2.46. The summed E-state index contributed by atoms with van der Waals surface area (Å²) in [6, 6.07) is 6.76. The van der Waals surface area contributed by atoms with Crippen molar-refractivity contribution in [3.8, 4) is 0 Å². The van der Waals surface area contributed by atoms with Crippen molar-refractivity contribution >= 4 is 15.9 Å². The van der Waals surface area contributed by atoms with Crippen LogP contribution in [0.5, 0.6) is 0 Å². The maximum absolute atomic E-state index is 13.6. The SMILES string of the molecule is Cc1ccc(S(=O)(=O)N2CCCC[C@H]2C(=O)N2CCC[C@H]3CCCC[C@@H]32)cc1. The van der Waals surface area contributed by atoms with Gasteiger partial charge in [0, 0.05) is 19.1 Å². The lowest BCUT2D eigenvalue weighted by Crippen LogP contribution is -2.58. The molecule has 2 saturated heterocycles. The number of piperidine rings is 2. The number of carbonyl (C=O) groups is 1. The van der Waals surface area contributed by atoms with Gasteiger partial charge in [0.15, 0.2) is 0 Å². The Balaban J connectivity index is 1.59. The van der Waals surface area contributed by atoms with Crippen LogP contribution in [0.1, 0.15) is 63.4 Å². The Hall–Kier alpha value is -1.40. The van der Waals surface area contributed by atoms with Crippen LogP contribution in [0, 0.1) is 12.8 Å². The van der Waals surface area contributed by atoms with Crippen LogP contribution in [-0.2, 0) is 14.8 Å². The fourth-order valence-corrected chi connectivity index (χ4v) is 7.03. The molecular weight excluding hydrogens is 372 g/mol. The second kappa shape index (κ2) is 8.15. The van der Waals surface area contributed by atoms with Crippen molar-refractivity contribution in [2.24, 2.45) is 5.92 Å². The predicted molar refractivity (Wildman–Crippen MR) is 109 cm³/mol. The molecule has 3 atom stereocenters. The highest BCUT2D eigenvalue weighted by molar-refractivity contribution is 7.89. The molecule has 154 valence electrons. The number of rotatable bonds is 3. The van der Waals surface area contributed by atoms with Gasteiger partial charge in [0.25, 0.3) is 0 Å². The first-order valence-corrected chi connectivity index (χ1v) is 12.3. The van der Waals surface area contributed by atoms with Gasteiger partial charge in [-0.25, -0.2) is 8.42 Å². The summed E-state index contributed by atoms with van der Waals surface area (Å²) in [4.78, 5) is 15.9. The Kier molecular flexibility index (Phi) is 5.79. The highest BCUT2D eigenvalue weighted by Crippen LogP contribution is 2.37. The van der Waals surface area contributed by atoms with Gasteiger partial charge in [0.05, 0.1) is 4.90 Å². The molecule has 3 fully saturated rings. The smallest absolute Gasteiger partial charge is 0.243 e. The fraction of sp³-hybridized carbons (Fsp3) is 0.682. The van der Waals surface area contributed by atoms with Crippen LogP contribution in [0.25, 0.3) is 0 Å². The monoisotopic (exact) mass is 404 g/mol. The molecule has 4 rings (SSSR count). The lowest BCUT2D eigenvalue weighted by atomic mass is 9.78. The van der Waals surface area contributed by atoms with Gasteiger partial charge in [-0.15, -0.1) is 0 Å². The van der Waals surface area contributed by atoms with Gasteiger partial charge in [-0.1, -0.05) is 37.0 Å². The molecule has 6 heteroatoms. The molecule has 1 aliphatic carbocycles. The minimum Gasteiger partial charge on any atom is -0.338 e. The number of hydrogen-bond donors (Lipinski definition) is 0. The van der Waals surface area contributed by atoms with Gasteiger partial charge in [0.1, 0.15) is 6.04 Å². The maximum Gasteiger partial charge on any atom is 0.243 e. The van der Waals surface area contributed by atoms with E-state index in [0.717, 1.165) is 37.8 Å². The lowest BCUT2D eigenvalue weighted by molar-refractivity contribution is -0.142. The van der Waals surface area contributed by atoms with E-state index in [9.17, 15) is 13.2 Å². The fourth-order valence-electron chi connectivity index (χ4n) is 5.37. The Labute approximate surface area is 169 Å². The van der Waals surface area contributed by atoms with Gasteiger partial charge in [-0.3, -0.25) is 4.79 Å². The van der Waals surface area contributed by atoms with Crippen LogP contribution in [0.2, 0.25) is 0 Å². The standard InChI is InChI=1S/C22H32N2O3S/c1-17-11-13-19(14-12-17)28(26,27)24-16-5-4-10-21(24)22(25)23-15-6-8-18-7-2-3-9-20(18)23/h11-14,18,20-21H,2-10,15-16H2,1H3/t18-,20+,21+/m1/s1. The summed E-state index contributed by atoms with van der Waals surface area (Å²) >= 11 is 0. The molecular formula is C22H32N2O3S. The van der Waals surface area contributed by atoms with E-state index in [2.05, 4.69) is 4.90 Å². The van der Waals surface area contributed by atoms with E-state index in [1.807, 2.05) is 19.1 Å². The first kappa shape index (κ1) is 19.9. The molecule has 0 unspecified atom stereocenters. The minimum atomic E-state index is -3.66. The van der Waals surface area contributed by atoms with Gasteiger partial charge in [0.2, 0.25) is 15.9 Å². The van der Waals surface area contributed by atoms with E-state index in [4.69, 9.17) is 0 Å². The molecule has 1 amide bonds. The number of sulfonamides is 1. The Morgan fingerprint density at radius 2 is 1.57 bits per heavy atom. The van der Waals surface area contributed by atoms with Crippen LogP contribution in [0.4, 0.5) is 0 Å². The first-order chi connectivity index (χ1) is 13.5. The molecule has 0 spiro atoms. The van der Waals surface area contributed by atoms with Gasteiger partial charge >= 0.3 is 0 Å².